The van der Waals surface area contributed by atoms with E-state index in [4.69, 9.17) is 4.74 Å². The Morgan fingerprint density at radius 1 is 1.15 bits per heavy atom. The number of likely N-dealkylation sites (tertiary alicyclic amines) is 1. The second kappa shape index (κ2) is 6.63. The Bertz CT molecular complexity index is 906. The van der Waals surface area contributed by atoms with Crippen molar-refractivity contribution < 1.29 is 14.3 Å². The van der Waals surface area contributed by atoms with Gasteiger partial charge in [-0.1, -0.05) is 24.3 Å². The molecule has 2 amide bonds. The van der Waals surface area contributed by atoms with Gasteiger partial charge in [0.05, 0.1) is 14.7 Å². The molecule has 7 heteroatoms. The van der Waals surface area contributed by atoms with Gasteiger partial charge in [-0.05, 0) is 52.0 Å². The molecule has 3 aliphatic rings. The number of nitrogens with zero attached hydrogens (tertiary/aromatic N) is 2. The van der Waals surface area contributed by atoms with Crippen molar-refractivity contribution >= 4 is 39.3 Å². The minimum atomic E-state index is -0.202. The van der Waals surface area contributed by atoms with Crippen LogP contribution in [-0.4, -0.2) is 47.0 Å². The van der Waals surface area contributed by atoms with Crippen molar-refractivity contribution in [3.63, 3.8) is 0 Å². The van der Waals surface area contributed by atoms with Crippen LogP contribution in [0.2, 0.25) is 0 Å². The Morgan fingerprint density at radius 3 is 2.67 bits per heavy atom. The molecule has 0 N–H and O–H groups in total. The fourth-order valence-electron chi connectivity index (χ4n) is 4.58. The van der Waals surface area contributed by atoms with Gasteiger partial charge in [-0.25, -0.2) is 4.79 Å². The van der Waals surface area contributed by atoms with Gasteiger partial charge in [0.1, 0.15) is 6.10 Å². The Balaban J connectivity index is 1.31. The van der Waals surface area contributed by atoms with Crippen molar-refractivity contribution in [1.29, 1.82) is 0 Å². The molecule has 0 saturated carbocycles. The summed E-state index contributed by atoms with van der Waals surface area (Å²) in [5.41, 5.74) is 2.50. The number of halogens is 1. The number of thiophene rings is 1. The SMILES string of the molecule is O=C(c1ccc(Br)s1)N1CCC(N2C(=O)O[C@@H]3Cc4ccccc4[C@@H]32)CC1. The molecule has 1 aromatic carbocycles. The predicted octanol–water partition coefficient (Wildman–Crippen LogP) is 4.23. The Hall–Kier alpha value is -1.86. The maximum absolute atomic E-state index is 12.7. The van der Waals surface area contributed by atoms with E-state index < -0.39 is 0 Å². The zero-order valence-corrected chi connectivity index (χ0v) is 17.0. The number of carbonyl (C=O) groups is 2. The van der Waals surface area contributed by atoms with Gasteiger partial charge in [0, 0.05) is 25.6 Å². The lowest BCUT2D eigenvalue weighted by atomic mass is 9.99. The summed E-state index contributed by atoms with van der Waals surface area (Å²) in [6, 6.07) is 12.2. The molecule has 0 unspecified atom stereocenters. The Morgan fingerprint density at radius 2 is 1.93 bits per heavy atom. The first-order valence-corrected chi connectivity index (χ1v) is 10.8. The van der Waals surface area contributed by atoms with Crippen LogP contribution in [0.25, 0.3) is 0 Å². The van der Waals surface area contributed by atoms with Crippen LogP contribution in [-0.2, 0) is 11.2 Å². The van der Waals surface area contributed by atoms with Crippen molar-refractivity contribution in [1.82, 2.24) is 9.80 Å². The van der Waals surface area contributed by atoms with Gasteiger partial charge in [-0.2, -0.15) is 0 Å². The van der Waals surface area contributed by atoms with E-state index in [0.29, 0.717) is 13.1 Å². The van der Waals surface area contributed by atoms with Gasteiger partial charge in [0.25, 0.3) is 5.91 Å². The van der Waals surface area contributed by atoms with Crippen molar-refractivity contribution in [2.45, 2.75) is 37.5 Å². The molecule has 1 aliphatic carbocycles. The number of rotatable bonds is 2. The van der Waals surface area contributed by atoms with Gasteiger partial charge in [0.2, 0.25) is 0 Å². The highest BCUT2D eigenvalue weighted by Gasteiger charge is 2.50. The highest BCUT2D eigenvalue weighted by molar-refractivity contribution is 9.11. The molecule has 1 aromatic heterocycles. The number of fused-ring (bicyclic) bond motifs is 3. The van der Waals surface area contributed by atoms with E-state index in [-0.39, 0.29) is 30.2 Å². The molecule has 3 heterocycles. The van der Waals surface area contributed by atoms with Crippen LogP contribution in [0.3, 0.4) is 0 Å². The number of benzene rings is 1. The molecule has 0 spiro atoms. The average Bonchev–Trinajstić information content (AvgIpc) is 3.34. The lowest BCUT2D eigenvalue weighted by Crippen LogP contribution is -2.47. The molecule has 0 bridgehead atoms. The summed E-state index contributed by atoms with van der Waals surface area (Å²) < 4.78 is 6.65. The third-order valence-corrected chi connectivity index (χ3v) is 7.45. The Kier molecular flexibility index (Phi) is 4.24. The molecule has 2 saturated heterocycles. The number of ether oxygens (including phenoxy) is 1. The summed E-state index contributed by atoms with van der Waals surface area (Å²) in [5, 5.41) is 0. The van der Waals surface area contributed by atoms with Crippen molar-refractivity contribution in [3.05, 3.63) is 56.2 Å². The van der Waals surface area contributed by atoms with E-state index in [1.54, 1.807) is 0 Å². The number of carbonyl (C=O) groups excluding carboxylic acids is 2. The van der Waals surface area contributed by atoms with Gasteiger partial charge in [-0.15, -0.1) is 11.3 Å². The molecule has 0 radical (unpaired) electrons. The van der Waals surface area contributed by atoms with Crippen LogP contribution < -0.4 is 0 Å². The fraction of sp³-hybridized carbons (Fsp3) is 0.400. The summed E-state index contributed by atoms with van der Waals surface area (Å²) in [5.74, 6) is 0.0808. The number of amides is 2. The van der Waals surface area contributed by atoms with Gasteiger partial charge < -0.3 is 9.64 Å². The summed E-state index contributed by atoms with van der Waals surface area (Å²) in [6.07, 6.45) is 2.11. The molecule has 27 heavy (non-hydrogen) atoms. The topological polar surface area (TPSA) is 49.9 Å². The van der Waals surface area contributed by atoms with E-state index in [1.807, 2.05) is 34.1 Å². The van der Waals surface area contributed by atoms with Gasteiger partial charge >= 0.3 is 6.09 Å². The second-order valence-electron chi connectivity index (χ2n) is 7.30. The first-order chi connectivity index (χ1) is 13.1. The smallest absolute Gasteiger partial charge is 0.411 e. The molecule has 140 valence electrons. The normalized spacial score (nSPS) is 24.7. The van der Waals surface area contributed by atoms with Crippen LogP contribution in [0.15, 0.2) is 40.2 Å². The molecule has 2 aromatic rings. The summed E-state index contributed by atoms with van der Waals surface area (Å²) >= 11 is 4.88. The van der Waals surface area contributed by atoms with E-state index in [2.05, 4.69) is 28.1 Å². The molecule has 5 nitrogen and oxygen atoms in total. The molecule has 5 rings (SSSR count). The quantitative estimate of drug-likeness (QED) is 0.693. The second-order valence-corrected chi connectivity index (χ2v) is 9.77. The standard InChI is InChI=1S/C20H19BrN2O3S/c21-17-6-5-16(27-17)19(24)22-9-7-13(8-10-22)23-18-14-4-2-1-3-12(14)11-15(18)26-20(23)25/h1-6,13,15,18H,7-11H2/t15-,18+/m1/s1. The number of hydrogen-bond donors (Lipinski definition) is 0. The summed E-state index contributed by atoms with van der Waals surface area (Å²) in [7, 11) is 0. The minimum absolute atomic E-state index is 0.0224. The fourth-order valence-corrected chi connectivity index (χ4v) is 5.94. The number of hydrogen-bond acceptors (Lipinski definition) is 4. The first kappa shape index (κ1) is 17.3. The molecular formula is C20H19BrN2O3S. The largest absolute Gasteiger partial charge is 0.443 e. The molecular weight excluding hydrogens is 428 g/mol. The maximum atomic E-state index is 12.7. The molecule has 2 fully saturated rings. The zero-order chi connectivity index (χ0) is 18.5. The average molecular weight is 447 g/mol. The summed E-state index contributed by atoms with van der Waals surface area (Å²) in [4.78, 5) is 29.8. The van der Waals surface area contributed by atoms with E-state index in [1.165, 1.54) is 22.5 Å². The van der Waals surface area contributed by atoms with Crippen molar-refractivity contribution in [2.24, 2.45) is 0 Å². The van der Waals surface area contributed by atoms with Crippen molar-refractivity contribution in [2.75, 3.05) is 13.1 Å². The van der Waals surface area contributed by atoms with E-state index >= 15 is 0 Å². The minimum Gasteiger partial charge on any atom is -0.443 e. The highest BCUT2D eigenvalue weighted by Crippen LogP contribution is 2.44. The predicted molar refractivity (Wildman–Crippen MR) is 106 cm³/mol. The monoisotopic (exact) mass is 446 g/mol. The van der Waals surface area contributed by atoms with E-state index in [9.17, 15) is 9.59 Å². The van der Waals surface area contributed by atoms with Crippen LogP contribution in [0, 0.1) is 0 Å². The van der Waals surface area contributed by atoms with Gasteiger partial charge in [0.15, 0.2) is 0 Å². The van der Waals surface area contributed by atoms with Crippen molar-refractivity contribution in [3.8, 4) is 0 Å². The lowest BCUT2D eigenvalue weighted by molar-refractivity contribution is 0.0640. The third-order valence-electron chi connectivity index (χ3n) is 5.84. The zero-order valence-electron chi connectivity index (χ0n) is 14.6. The first-order valence-electron chi connectivity index (χ1n) is 9.23. The third kappa shape index (κ3) is 2.88. The lowest BCUT2D eigenvalue weighted by Gasteiger charge is -2.37. The van der Waals surface area contributed by atoms with Crippen LogP contribution >= 0.6 is 27.3 Å². The van der Waals surface area contributed by atoms with Crippen LogP contribution in [0.5, 0.6) is 0 Å². The van der Waals surface area contributed by atoms with E-state index in [0.717, 1.165) is 27.9 Å². The molecule has 2 atom stereocenters. The Labute approximate surface area is 170 Å². The summed E-state index contributed by atoms with van der Waals surface area (Å²) in [6.45, 7) is 1.34. The van der Waals surface area contributed by atoms with Gasteiger partial charge in [-0.3, -0.25) is 9.69 Å². The molecule has 2 aliphatic heterocycles. The maximum Gasteiger partial charge on any atom is 0.411 e. The number of piperidine rings is 1. The highest BCUT2D eigenvalue weighted by atomic mass is 79.9. The van der Waals surface area contributed by atoms with Crippen LogP contribution in [0.4, 0.5) is 4.79 Å². The van der Waals surface area contributed by atoms with Crippen LogP contribution in [0.1, 0.15) is 39.7 Å².